The van der Waals surface area contributed by atoms with E-state index in [0.29, 0.717) is 0 Å². The largest absolute Gasteiger partial charge is 0.327 e. The molecule has 3 fully saturated rings. The van der Waals surface area contributed by atoms with Crippen molar-refractivity contribution in [2.75, 3.05) is 0 Å². The topological polar surface area (TPSA) is 83.8 Å². The van der Waals surface area contributed by atoms with Crippen molar-refractivity contribution in [1.29, 1.82) is 0 Å². The van der Waals surface area contributed by atoms with Crippen LogP contribution >= 0.6 is 0 Å². The predicted molar refractivity (Wildman–Crippen MR) is 69.6 cm³/mol. The number of urea groups is 1. The maximum absolute atomic E-state index is 12.6. The third kappa shape index (κ3) is 1.58. The first-order valence-electron chi connectivity index (χ1n) is 7.19. The average molecular weight is 281 g/mol. The molecule has 1 heterocycles. The summed E-state index contributed by atoms with van der Waals surface area (Å²) < 4.78 is 0. The summed E-state index contributed by atoms with van der Waals surface area (Å²) in [6.45, 7) is 2.97. The van der Waals surface area contributed by atoms with Gasteiger partial charge in [0.2, 0.25) is 0 Å². The SMILES string of the molecule is CC1N(C2CC2)C(=O)N(C2CCC2)C(=O)C1(C)[N+](=O)[O-]. The number of imide groups is 1. The number of amides is 3. The lowest BCUT2D eigenvalue weighted by molar-refractivity contribution is -0.557. The molecule has 3 amide bonds. The highest BCUT2D eigenvalue weighted by Gasteiger charge is 2.64. The standard InChI is InChI=1S/C13H19N3O4/c1-8-13(2,16(19)20)11(17)15(9-4-3-5-9)12(18)14(8)10-6-7-10/h8-10H,3-7H2,1-2H3. The maximum atomic E-state index is 12.6. The van der Waals surface area contributed by atoms with Crippen LogP contribution in [0.5, 0.6) is 0 Å². The molecule has 3 aliphatic rings. The van der Waals surface area contributed by atoms with E-state index >= 15 is 0 Å². The molecule has 7 heteroatoms. The van der Waals surface area contributed by atoms with Crippen LogP contribution in [0.15, 0.2) is 0 Å². The van der Waals surface area contributed by atoms with Crippen LogP contribution in [-0.2, 0) is 4.79 Å². The molecule has 20 heavy (non-hydrogen) atoms. The summed E-state index contributed by atoms with van der Waals surface area (Å²) in [6, 6.07) is -1.11. The van der Waals surface area contributed by atoms with E-state index in [2.05, 4.69) is 0 Å². The second-order valence-corrected chi connectivity index (χ2v) is 6.26. The van der Waals surface area contributed by atoms with Crippen molar-refractivity contribution in [3.63, 3.8) is 0 Å². The van der Waals surface area contributed by atoms with Gasteiger partial charge in [0.05, 0.1) is 0 Å². The Morgan fingerprint density at radius 1 is 1.20 bits per heavy atom. The molecular weight excluding hydrogens is 262 g/mol. The first-order chi connectivity index (χ1) is 9.39. The van der Waals surface area contributed by atoms with Gasteiger partial charge in [-0.1, -0.05) is 0 Å². The van der Waals surface area contributed by atoms with Crippen molar-refractivity contribution in [2.45, 2.75) is 69.6 Å². The van der Waals surface area contributed by atoms with Gasteiger partial charge in [-0.15, -0.1) is 0 Å². The van der Waals surface area contributed by atoms with Gasteiger partial charge in [-0.25, -0.2) is 4.79 Å². The van der Waals surface area contributed by atoms with Gasteiger partial charge in [-0.2, -0.15) is 0 Å². The number of carbonyl (C=O) groups is 2. The Hall–Kier alpha value is -1.66. The molecule has 0 aromatic carbocycles. The van der Waals surface area contributed by atoms with Crippen molar-refractivity contribution in [1.82, 2.24) is 9.80 Å². The highest BCUT2D eigenvalue weighted by molar-refractivity contribution is 6.02. The molecule has 2 aliphatic carbocycles. The molecule has 0 aromatic rings. The molecule has 1 saturated heterocycles. The Labute approximate surface area is 117 Å². The highest BCUT2D eigenvalue weighted by atomic mass is 16.6. The molecular formula is C13H19N3O4. The summed E-state index contributed by atoms with van der Waals surface area (Å²) in [5, 5.41) is 11.5. The number of nitrogens with zero attached hydrogens (tertiary/aromatic N) is 3. The summed E-state index contributed by atoms with van der Waals surface area (Å²) in [6.07, 6.45) is 4.24. The quantitative estimate of drug-likeness (QED) is 0.578. The van der Waals surface area contributed by atoms with Crippen LogP contribution < -0.4 is 0 Å². The number of hydrogen-bond acceptors (Lipinski definition) is 4. The first kappa shape index (κ1) is 13.3. The molecule has 0 radical (unpaired) electrons. The molecule has 2 atom stereocenters. The van der Waals surface area contributed by atoms with Crippen molar-refractivity contribution in [3.8, 4) is 0 Å². The summed E-state index contributed by atoms with van der Waals surface area (Å²) >= 11 is 0. The van der Waals surface area contributed by atoms with Gasteiger partial charge in [0.1, 0.15) is 6.04 Å². The molecule has 7 nitrogen and oxygen atoms in total. The van der Waals surface area contributed by atoms with Crippen molar-refractivity contribution >= 4 is 11.9 Å². The van der Waals surface area contributed by atoms with Gasteiger partial charge in [0.25, 0.3) is 0 Å². The highest BCUT2D eigenvalue weighted by Crippen LogP contribution is 2.40. The molecule has 110 valence electrons. The molecule has 0 aromatic heterocycles. The molecule has 3 rings (SSSR count). The predicted octanol–water partition coefficient (Wildman–Crippen LogP) is 1.39. The third-order valence-corrected chi connectivity index (χ3v) is 5.07. The van der Waals surface area contributed by atoms with Crippen molar-refractivity contribution in [3.05, 3.63) is 10.1 Å². The number of carbonyl (C=O) groups excluding carboxylic acids is 2. The zero-order valence-corrected chi connectivity index (χ0v) is 11.7. The lowest BCUT2D eigenvalue weighted by atomic mass is 9.84. The van der Waals surface area contributed by atoms with Gasteiger partial charge in [-0.3, -0.25) is 19.8 Å². The zero-order chi connectivity index (χ0) is 14.7. The van der Waals surface area contributed by atoms with E-state index < -0.39 is 22.4 Å². The minimum atomic E-state index is -1.73. The number of hydrogen-bond donors (Lipinski definition) is 0. The van der Waals surface area contributed by atoms with Crippen LogP contribution in [0.4, 0.5) is 4.79 Å². The summed E-state index contributed by atoms with van der Waals surface area (Å²) in [7, 11) is 0. The fraction of sp³-hybridized carbons (Fsp3) is 0.846. The van der Waals surface area contributed by atoms with Gasteiger partial charge in [0.15, 0.2) is 0 Å². The smallest absolute Gasteiger partial charge is 0.311 e. The summed E-state index contributed by atoms with van der Waals surface area (Å²) in [5.41, 5.74) is -1.73. The van der Waals surface area contributed by atoms with E-state index in [1.165, 1.54) is 11.8 Å². The minimum Gasteiger partial charge on any atom is -0.311 e. The van der Waals surface area contributed by atoms with E-state index in [-0.39, 0.29) is 18.1 Å². The van der Waals surface area contributed by atoms with Crippen LogP contribution in [0, 0.1) is 10.1 Å². The maximum Gasteiger partial charge on any atom is 0.327 e. The number of nitro groups is 1. The fourth-order valence-corrected chi connectivity index (χ4v) is 3.09. The molecule has 2 saturated carbocycles. The molecule has 1 aliphatic heterocycles. The van der Waals surface area contributed by atoms with E-state index in [9.17, 15) is 19.7 Å². The summed E-state index contributed by atoms with van der Waals surface area (Å²) in [4.78, 5) is 38.9. The number of rotatable bonds is 3. The normalized spacial score (nSPS) is 35.2. The Bertz CT molecular complexity index is 486. The van der Waals surface area contributed by atoms with Crippen LogP contribution in [0.3, 0.4) is 0 Å². The second kappa shape index (κ2) is 4.17. The first-order valence-corrected chi connectivity index (χ1v) is 7.19. The van der Waals surface area contributed by atoms with E-state index in [1.54, 1.807) is 11.8 Å². The van der Waals surface area contributed by atoms with Crippen molar-refractivity contribution in [2.24, 2.45) is 0 Å². The monoisotopic (exact) mass is 281 g/mol. The van der Waals surface area contributed by atoms with Crippen LogP contribution in [-0.4, -0.2) is 50.3 Å². The van der Waals surface area contributed by atoms with Crippen molar-refractivity contribution < 1.29 is 14.5 Å². The molecule has 0 spiro atoms. The van der Waals surface area contributed by atoms with Gasteiger partial charge in [0, 0.05) is 23.9 Å². The Morgan fingerprint density at radius 2 is 1.80 bits per heavy atom. The minimum absolute atomic E-state index is 0.0625. The lowest BCUT2D eigenvalue weighted by Gasteiger charge is -2.48. The van der Waals surface area contributed by atoms with E-state index in [4.69, 9.17) is 0 Å². The summed E-state index contributed by atoms with van der Waals surface area (Å²) in [5.74, 6) is -0.637. The average Bonchev–Trinajstić information content (AvgIpc) is 3.14. The molecule has 2 unspecified atom stereocenters. The molecule has 0 bridgehead atoms. The van der Waals surface area contributed by atoms with Crippen LogP contribution in [0.2, 0.25) is 0 Å². The fourth-order valence-electron chi connectivity index (χ4n) is 3.09. The Balaban J connectivity index is 2.01. The Kier molecular flexibility index (Phi) is 2.78. The van der Waals surface area contributed by atoms with Crippen LogP contribution in [0.1, 0.15) is 46.0 Å². The van der Waals surface area contributed by atoms with Gasteiger partial charge < -0.3 is 4.90 Å². The van der Waals surface area contributed by atoms with E-state index in [0.717, 1.165) is 32.1 Å². The molecule has 0 N–H and O–H groups in total. The van der Waals surface area contributed by atoms with Gasteiger partial charge >= 0.3 is 17.5 Å². The third-order valence-electron chi connectivity index (χ3n) is 5.07. The van der Waals surface area contributed by atoms with Gasteiger partial charge in [-0.05, 0) is 39.0 Å². The zero-order valence-electron chi connectivity index (χ0n) is 11.7. The second-order valence-electron chi connectivity index (χ2n) is 6.26. The van der Waals surface area contributed by atoms with E-state index in [1.807, 2.05) is 0 Å². The Morgan fingerprint density at radius 3 is 2.20 bits per heavy atom. The lowest BCUT2D eigenvalue weighted by Crippen LogP contribution is -2.74. The van der Waals surface area contributed by atoms with Crippen LogP contribution in [0.25, 0.3) is 0 Å².